The lowest BCUT2D eigenvalue weighted by Crippen LogP contribution is -2.58. The lowest BCUT2D eigenvalue weighted by Gasteiger charge is -2.38. The first-order valence-electron chi connectivity index (χ1n) is 18.0. The van der Waals surface area contributed by atoms with E-state index < -0.39 is 42.0 Å². The van der Waals surface area contributed by atoms with Gasteiger partial charge in [-0.3, -0.25) is 28.9 Å². The molecule has 1 saturated heterocycles. The molecule has 0 radical (unpaired) electrons. The fraction of sp³-hybridized carbons (Fsp3) is 0.694. The van der Waals surface area contributed by atoms with Gasteiger partial charge in [0.2, 0.25) is 11.8 Å². The molecule has 3 amide bonds. The molecule has 1 saturated carbocycles. The smallest absolute Gasteiger partial charge is 0.306 e. The first-order chi connectivity index (χ1) is 24.2. The van der Waals surface area contributed by atoms with E-state index in [0.717, 1.165) is 43.7 Å². The molecule has 13 nitrogen and oxygen atoms in total. The van der Waals surface area contributed by atoms with Gasteiger partial charge in [-0.05, 0) is 63.5 Å². The fourth-order valence-corrected chi connectivity index (χ4v) is 8.47. The van der Waals surface area contributed by atoms with Crippen molar-refractivity contribution in [3.8, 4) is 0 Å². The van der Waals surface area contributed by atoms with Crippen LogP contribution in [0.3, 0.4) is 0 Å². The Morgan fingerprint density at radius 1 is 1.06 bits per heavy atom. The quantitative estimate of drug-likeness (QED) is 0.184. The van der Waals surface area contributed by atoms with Crippen LogP contribution in [-0.4, -0.2) is 99.3 Å². The monoisotopic (exact) mass is 746 g/mol. The second kappa shape index (κ2) is 18.4. The number of ether oxygens (including phenoxy) is 1. The number of likely N-dealkylation sites (N-methyl/N-ethyl adjacent to an activating group) is 2. The van der Waals surface area contributed by atoms with Gasteiger partial charge in [-0.15, -0.1) is 22.7 Å². The van der Waals surface area contributed by atoms with E-state index in [2.05, 4.69) is 25.5 Å². The first-order valence-corrected chi connectivity index (χ1v) is 19.7. The largest absolute Gasteiger partial charge is 0.481 e. The number of likely N-dealkylation sites (tertiary alicyclic amines) is 1. The Morgan fingerprint density at radius 3 is 2.37 bits per heavy atom. The molecule has 1 aliphatic carbocycles. The lowest BCUT2D eigenvalue weighted by atomic mass is 9.91. The van der Waals surface area contributed by atoms with Gasteiger partial charge in [0.15, 0.2) is 6.10 Å². The predicted octanol–water partition coefficient (Wildman–Crippen LogP) is 4.54. The molecule has 3 heterocycles. The first kappa shape index (κ1) is 40.3. The highest BCUT2D eigenvalue weighted by Crippen LogP contribution is 2.39. The summed E-state index contributed by atoms with van der Waals surface area (Å²) in [7, 11) is 3.69. The molecule has 2 aliphatic rings. The van der Waals surface area contributed by atoms with Crippen LogP contribution in [0.25, 0.3) is 0 Å². The number of carbonyl (C=O) groups is 5. The molecule has 15 heteroatoms. The van der Waals surface area contributed by atoms with Gasteiger partial charge in [-0.25, -0.2) is 9.97 Å². The van der Waals surface area contributed by atoms with Crippen LogP contribution < -0.4 is 10.6 Å². The van der Waals surface area contributed by atoms with Gasteiger partial charge in [0.05, 0.1) is 17.0 Å². The second-order valence-corrected chi connectivity index (χ2v) is 16.5. The molecule has 1 aliphatic heterocycles. The molecule has 282 valence electrons. The molecule has 0 aromatic carbocycles. The van der Waals surface area contributed by atoms with Crippen LogP contribution in [0.4, 0.5) is 0 Å². The molecule has 2 fully saturated rings. The standard InChI is InChI=1S/C36H54N6O7S2/c1-20(2)28(42(7)35(46)31(22(4)24-11-12-24)40-33(45)27-10-8-9-14-41(27)6)18-29(49-23(5)43)34-39-26(19-51-34)32(44)38-25(16-21(3)36(47)48)17-30-37-13-15-50-30/h13,15,19-22,24-25,27-29,31H,8-12,14,16-18H2,1-7H3,(H,38,44)(H,40,45)(H,47,48)/t21-,22-,25+,27+,28+,29+,31-/m0/s1. The summed E-state index contributed by atoms with van der Waals surface area (Å²) < 4.78 is 5.77. The van der Waals surface area contributed by atoms with E-state index in [9.17, 15) is 29.1 Å². The van der Waals surface area contributed by atoms with Crippen molar-refractivity contribution in [3.05, 3.63) is 32.7 Å². The Morgan fingerprint density at radius 2 is 1.78 bits per heavy atom. The Kier molecular flexibility index (Phi) is 14.5. The molecule has 51 heavy (non-hydrogen) atoms. The fourth-order valence-electron chi connectivity index (χ4n) is 6.93. The maximum Gasteiger partial charge on any atom is 0.306 e. The van der Waals surface area contributed by atoms with Gasteiger partial charge in [-0.2, -0.15) is 0 Å². The summed E-state index contributed by atoms with van der Waals surface area (Å²) in [5, 5.41) is 20.2. The van der Waals surface area contributed by atoms with Crippen molar-refractivity contribution in [2.24, 2.45) is 23.7 Å². The van der Waals surface area contributed by atoms with E-state index in [1.807, 2.05) is 33.2 Å². The number of carboxylic acids is 1. The molecular weight excluding hydrogens is 693 g/mol. The summed E-state index contributed by atoms with van der Waals surface area (Å²) >= 11 is 2.61. The van der Waals surface area contributed by atoms with Gasteiger partial charge in [0.25, 0.3) is 5.91 Å². The summed E-state index contributed by atoms with van der Waals surface area (Å²) in [6.07, 6.45) is 6.50. The zero-order valence-corrected chi connectivity index (χ0v) is 32.4. The van der Waals surface area contributed by atoms with Crippen molar-refractivity contribution in [1.29, 1.82) is 0 Å². The van der Waals surface area contributed by atoms with Crippen LogP contribution in [0.2, 0.25) is 0 Å². The van der Waals surface area contributed by atoms with Crippen molar-refractivity contribution in [2.75, 3.05) is 20.6 Å². The summed E-state index contributed by atoms with van der Waals surface area (Å²) in [6.45, 7) is 9.78. The van der Waals surface area contributed by atoms with Crippen LogP contribution in [0, 0.1) is 23.7 Å². The number of aromatic nitrogens is 2. The Balaban J connectivity index is 1.51. The normalized spacial score (nSPS) is 20.0. The zero-order valence-electron chi connectivity index (χ0n) is 30.8. The summed E-state index contributed by atoms with van der Waals surface area (Å²) in [5.74, 6) is -2.63. The molecule has 2 aromatic rings. The zero-order chi connectivity index (χ0) is 37.4. The predicted molar refractivity (Wildman–Crippen MR) is 195 cm³/mol. The number of hydrogen-bond acceptors (Lipinski definition) is 11. The maximum atomic E-state index is 14.3. The minimum Gasteiger partial charge on any atom is -0.481 e. The summed E-state index contributed by atoms with van der Waals surface area (Å²) in [6, 6.07) is -1.82. The number of esters is 1. The molecule has 0 bridgehead atoms. The summed E-state index contributed by atoms with van der Waals surface area (Å²) in [5.41, 5.74) is 0.124. The number of carbonyl (C=O) groups excluding carboxylic acids is 4. The Hall–Kier alpha value is -3.43. The van der Waals surface area contributed by atoms with Gasteiger partial charge in [0, 0.05) is 55.9 Å². The van der Waals surface area contributed by atoms with Crippen molar-refractivity contribution < 1.29 is 33.8 Å². The third-order valence-corrected chi connectivity index (χ3v) is 12.0. The van der Waals surface area contributed by atoms with E-state index >= 15 is 0 Å². The molecule has 4 rings (SSSR count). The van der Waals surface area contributed by atoms with E-state index in [4.69, 9.17) is 4.74 Å². The maximum absolute atomic E-state index is 14.3. The highest BCUT2D eigenvalue weighted by Gasteiger charge is 2.42. The number of rotatable bonds is 18. The van der Waals surface area contributed by atoms with Crippen molar-refractivity contribution in [3.63, 3.8) is 0 Å². The van der Waals surface area contributed by atoms with Crippen molar-refractivity contribution in [1.82, 2.24) is 30.4 Å². The third kappa shape index (κ3) is 11.3. The van der Waals surface area contributed by atoms with Gasteiger partial charge in [-0.1, -0.05) is 34.1 Å². The van der Waals surface area contributed by atoms with Crippen LogP contribution in [0.5, 0.6) is 0 Å². The van der Waals surface area contributed by atoms with Gasteiger partial charge < -0.3 is 25.4 Å². The molecule has 3 N–H and O–H groups in total. The van der Waals surface area contributed by atoms with Crippen molar-refractivity contribution >= 4 is 52.3 Å². The van der Waals surface area contributed by atoms with E-state index in [1.54, 1.807) is 30.4 Å². The Labute approximate surface area is 308 Å². The summed E-state index contributed by atoms with van der Waals surface area (Å²) in [4.78, 5) is 77.8. The lowest BCUT2D eigenvalue weighted by molar-refractivity contribution is -0.149. The minimum atomic E-state index is -0.954. The minimum absolute atomic E-state index is 0.0344. The SMILES string of the molecule is CC(=O)O[C@H](C[C@H](C(C)C)N(C)C(=O)[C@@H](NC(=O)[C@H]1CCCCN1C)[C@@H](C)C1CC1)c1nc(C(=O)N[C@@H](Cc2nccs2)C[C@H](C)C(=O)O)cs1. The molecule has 2 aromatic heterocycles. The average Bonchev–Trinajstić information content (AvgIpc) is 3.57. The topological polar surface area (TPSA) is 171 Å². The van der Waals surface area contributed by atoms with Crippen LogP contribution in [0.1, 0.15) is 106 Å². The third-order valence-electron chi connectivity index (χ3n) is 10.2. The van der Waals surface area contributed by atoms with Crippen LogP contribution in [-0.2, 0) is 30.3 Å². The second-order valence-electron chi connectivity index (χ2n) is 14.6. The number of nitrogens with one attached hydrogen (secondary N) is 2. The highest BCUT2D eigenvalue weighted by atomic mass is 32.1. The molecule has 0 spiro atoms. The van der Waals surface area contributed by atoms with E-state index in [0.29, 0.717) is 17.3 Å². The number of hydrogen-bond donors (Lipinski definition) is 3. The highest BCUT2D eigenvalue weighted by molar-refractivity contribution is 7.10. The Bertz CT molecular complexity index is 1500. The number of piperidine rings is 1. The molecular formula is C36H54N6O7S2. The number of nitrogens with zero attached hydrogens (tertiary/aromatic N) is 4. The van der Waals surface area contributed by atoms with E-state index in [1.165, 1.54) is 29.6 Å². The number of aliphatic carboxylic acids is 1. The van der Waals surface area contributed by atoms with Crippen molar-refractivity contribution in [2.45, 2.75) is 116 Å². The number of amides is 3. The number of thiazole rings is 2. The molecule has 7 atom stereocenters. The van der Waals surface area contributed by atoms with E-state index in [-0.39, 0.29) is 54.3 Å². The van der Waals surface area contributed by atoms with Gasteiger partial charge in [0.1, 0.15) is 16.7 Å². The average molecular weight is 747 g/mol. The van der Waals surface area contributed by atoms with Crippen LogP contribution >= 0.6 is 22.7 Å². The number of carboxylic acid groups (broad SMARTS) is 1. The van der Waals surface area contributed by atoms with Crippen LogP contribution in [0.15, 0.2) is 17.0 Å². The van der Waals surface area contributed by atoms with Gasteiger partial charge >= 0.3 is 11.9 Å². The molecule has 0 unspecified atom stereocenters.